The zero-order chi connectivity index (χ0) is 24.5. The summed E-state index contributed by atoms with van der Waals surface area (Å²) in [5.74, 6) is -4.20. The molecule has 19 heteroatoms. The molecule has 2 fully saturated rings. The van der Waals surface area contributed by atoms with Gasteiger partial charge in [0.2, 0.25) is 5.91 Å². The van der Waals surface area contributed by atoms with Crippen molar-refractivity contribution in [2.75, 3.05) is 24.9 Å². The van der Waals surface area contributed by atoms with Gasteiger partial charge in [0.15, 0.2) is 23.1 Å². The van der Waals surface area contributed by atoms with Crippen molar-refractivity contribution in [2.45, 2.75) is 12.2 Å². The number of nitrogens with zero attached hydrogens (tertiary/aromatic N) is 4. The number of anilines is 1. The molecule has 0 spiro atoms. The van der Waals surface area contributed by atoms with Gasteiger partial charge in [-0.2, -0.15) is 12.7 Å². The lowest BCUT2D eigenvalue weighted by molar-refractivity contribution is -0.154. The van der Waals surface area contributed by atoms with Crippen LogP contribution in [0, 0.1) is 0 Å². The first kappa shape index (κ1) is 24.3. The maximum Gasteiger partial charge on any atom is 0.364 e. The summed E-state index contributed by atoms with van der Waals surface area (Å²) in [6.45, 7) is -0.477. The minimum absolute atomic E-state index is 0.0710. The topological polar surface area (TPSA) is 217 Å². The highest BCUT2D eigenvalue weighted by atomic mass is 35.5. The van der Waals surface area contributed by atoms with Gasteiger partial charge in [-0.25, -0.2) is 14.7 Å². The Kier molecular flexibility index (Phi) is 6.81. The third-order valence-corrected chi connectivity index (χ3v) is 6.11. The highest BCUT2D eigenvalue weighted by Crippen LogP contribution is 2.28. The molecular weight excluding hydrogens is 510 g/mol. The van der Waals surface area contributed by atoms with Gasteiger partial charge in [-0.05, 0) is 0 Å². The number of carbonyl (C=O) groups excluding carboxylic acids is 5. The molecule has 0 bridgehead atoms. The summed E-state index contributed by atoms with van der Waals surface area (Å²) in [5, 5.41) is 11.6. The SMILES string of the molecule is CO/N=C(\C(=O)N[C@@H]1C(=O)N(S(=O)(=O)O)[C@@H]1N1C(=O)CNC1=O)c1csc(NC(=O)CCl)n1. The summed E-state index contributed by atoms with van der Waals surface area (Å²) in [7, 11) is -4.06. The quantitative estimate of drug-likeness (QED) is 0.0711. The largest absolute Gasteiger partial charge is 0.398 e. The third kappa shape index (κ3) is 4.72. The Balaban J connectivity index is 1.86. The van der Waals surface area contributed by atoms with Crippen molar-refractivity contribution in [2.24, 2.45) is 5.16 Å². The molecule has 4 N–H and O–H groups in total. The molecule has 33 heavy (non-hydrogen) atoms. The standard InChI is InChI=1S/C14H14ClN7O9S2/c1-31-20-8(5-4-32-13(17-5)18-6(23)2-15)10(25)19-9-11(21-7(24)3-16-14(21)27)22(12(9)26)33(28,29)30/h4,9,11H,2-3H2,1H3,(H,16,27)(H,19,25)(H,17,18,23)(H,28,29,30)/b20-8-/t9-,11-/m0/s1. The van der Waals surface area contributed by atoms with Crippen molar-refractivity contribution in [3.05, 3.63) is 11.1 Å². The predicted octanol–water partition coefficient (Wildman–Crippen LogP) is -2.32. The zero-order valence-electron chi connectivity index (χ0n) is 16.3. The van der Waals surface area contributed by atoms with Gasteiger partial charge in [-0.1, -0.05) is 5.16 Å². The van der Waals surface area contributed by atoms with E-state index >= 15 is 0 Å². The van der Waals surface area contributed by atoms with Crippen LogP contribution >= 0.6 is 22.9 Å². The van der Waals surface area contributed by atoms with Crippen LogP contribution in [0.2, 0.25) is 0 Å². The second-order valence-corrected chi connectivity index (χ2v) is 8.66. The average Bonchev–Trinajstić information content (AvgIpc) is 3.33. The summed E-state index contributed by atoms with van der Waals surface area (Å²) in [6, 6.07) is -2.77. The lowest BCUT2D eigenvalue weighted by Crippen LogP contribution is -2.77. The normalized spacial score (nSPS) is 20.9. The summed E-state index contributed by atoms with van der Waals surface area (Å²) in [4.78, 5) is 69.5. The fourth-order valence-electron chi connectivity index (χ4n) is 2.89. The fourth-order valence-corrected chi connectivity index (χ4v) is 4.50. The summed E-state index contributed by atoms with van der Waals surface area (Å²) in [6.07, 6.45) is -1.86. The van der Waals surface area contributed by atoms with E-state index in [1.165, 1.54) is 5.38 Å². The van der Waals surface area contributed by atoms with E-state index in [-0.39, 0.29) is 21.0 Å². The maximum atomic E-state index is 12.8. The molecule has 6 amide bonds. The van der Waals surface area contributed by atoms with Gasteiger partial charge in [0.1, 0.15) is 18.7 Å². The van der Waals surface area contributed by atoms with Crippen LogP contribution < -0.4 is 16.0 Å². The number of thiazole rings is 1. The number of alkyl halides is 1. The summed E-state index contributed by atoms with van der Waals surface area (Å²) >= 11 is 6.32. The number of urea groups is 1. The van der Waals surface area contributed by atoms with Gasteiger partial charge in [-0.3, -0.25) is 23.7 Å². The number of oxime groups is 1. The van der Waals surface area contributed by atoms with E-state index in [1.807, 2.05) is 0 Å². The maximum absolute atomic E-state index is 12.8. The van der Waals surface area contributed by atoms with Crippen molar-refractivity contribution >= 4 is 73.7 Å². The molecular formula is C14H14ClN7O9S2. The Morgan fingerprint density at radius 1 is 1.42 bits per heavy atom. The predicted molar refractivity (Wildman–Crippen MR) is 109 cm³/mol. The fraction of sp³-hybridized carbons (Fsp3) is 0.357. The Bertz CT molecular complexity index is 1150. The molecule has 0 radical (unpaired) electrons. The van der Waals surface area contributed by atoms with Crippen LogP contribution in [0.5, 0.6) is 0 Å². The molecule has 1 aromatic rings. The number of hydrogen-bond donors (Lipinski definition) is 4. The van der Waals surface area contributed by atoms with Crippen LogP contribution in [0.15, 0.2) is 10.5 Å². The highest BCUT2D eigenvalue weighted by molar-refractivity contribution is 7.84. The van der Waals surface area contributed by atoms with E-state index in [2.05, 4.69) is 30.9 Å². The third-order valence-electron chi connectivity index (χ3n) is 4.21. The molecule has 0 unspecified atom stereocenters. The number of imide groups is 1. The van der Waals surface area contributed by atoms with E-state index < -0.39 is 64.4 Å². The first-order valence-corrected chi connectivity index (χ1v) is 11.4. The molecule has 2 atom stereocenters. The van der Waals surface area contributed by atoms with Gasteiger partial charge >= 0.3 is 16.3 Å². The van der Waals surface area contributed by atoms with E-state index in [9.17, 15) is 36.9 Å². The first-order valence-electron chi connectivity index (χ1n) is 8.64. The molecule has 3 heterocycles. The average molecular weight is 524 g/mol. The van der Waals surface area contributed by atoms with Gasteiger partial charge < -0.3 is 20.8 Å². The van der Waals surface area contributed by atoms with Crippen LogP contribution in [0.4, 0.5) is 9.93 Å². The van der Waals surface area contributed by atoms with E-state index in [1.54, 1.807) is 0 Å². The highest BCUT2D eigenvalue weighted by Gasteiger charge is 2.60. The van der Waals surface area contributed by atoms with Crippen LogP contribution in [-0.4, -0.2) is 94.3 Å². The van der Waals surface area contributed by atoms with Crippen LogP contribution in [0.3, 0.4) is 0 Å². The molecule has 0 saturated carbocycles. The Labute approximate surface area is 193 Å². The van der Waals surface area contributed by atoms with E-state index in [0.717, 1.165) is 18.4 Å². The van der Waals surface area contributed by atoms with Crippen molar-refractivity contribution in [3.63, 3.8) is 0 Å². The first-order chi connectivity index (χ1) is 15.5. The zero-order valence-corrected chi connectivity index (χ0v) is 18.7. The number of carbonyl (C=O) groups is 5. The number of nitrogens with one attached hydrogen (secondary N) is 3. The second-order valence-electron chi connectivity index (χ2n) is 6.24. The smallest absolute Gasteiger partial charge is 0.364 e. The van der Waals surface area contributed by atoms with Crippen LogP contribution in [0.25, 0.3) is 0 Å². The number of hydrogen-bond acceptors (Lipinski definition) is 11. The lowest BCUT2D eigenvalue weighted by Gasteiger charge is -2.46. The Morgan fingerprint density at radius 2 is 2.12 bits per heavy atom. The molecule has 2 aliphatic rings. The van der Waals surface area contributed by atoms with E-state index in [4.69, 9.17) is 11.6 Å². The number of aromatic nitrogens is 1. The van der Waals surface area contributed by atoms with Gasteiger partial charge in [-0.15, -0.1) is 22.9 Å². The number of β-lactam (4-membered cyclic amide) rings is 1. The van der Waals surface area contributed by atoms with E-state index in [0.29, 0.717) is 4.90 Å². The minimum atomic E-state index is -5.17. The minimum Gasteiger partial charge on any atom is -0.398 e. The number of rotatable bonds is 8. The van der Waals surface area contributed by atoms with Crippen molar-refractivity contribution in [1.29, 1.82) is 0 Å². The van der Waals surface area contributed by atoms with Gasteiger partial charge in [0.05, 0.1) is 6.54 Å². The van der Waals surface area contributed by atoms with Gasteiger partial charge in [0, 0.05) is 5.38 Å². The summed E-state index contributed by atoms with van der Waals surface area (Å²) < 4.78 is 32.4. The Hall–Kier alpha value is -3.35. The van der Waals surface area contributed by atoms with Crippen molar-refractivity contribution in [1.82, 2.24) is 24.8 Å². The molecule has 3 rings (SSSR count). The molecule has 0 aliphatic carbocycles. The Morgan fingerprint density at radius 3 is 2.67 bits per heavy atom. The molecule has 2 saturated heterocycles. The number of amides is 6. The molecule has 178 valence electrons. The second kappa shape index (κ2) is 9.25. The van der Waals surface area contributed by atoms with Crippen LogP contribution in [0.1, 0.15) is 5.69 Å². The summed E-state index contributed by atoms with van der Waals surface area (Å²) in [5.41, 5.74) is -0.566. The molecule has 0 aromatic carbocycles. The van der Waals surface area contributed by atoms with Crippen LogP contribution in [-0.2, 0) is 34.3 Å². The molecule has 16 nitrogen and oxygen atoms in total. The molecule has 2 aliphatic heterocycles. The lowest BCUT2D eigenvalue weighted by atomic mass is 10.0. The number of halogens is 1. The monoisotopic (exact) mass is 523 g/mol. The van der Waals surface area contributed by atoms with Gasteiger partial charge in [0.25, 0.3) is 17.7 Å². The molecule has 1 aromatic heterocycles. The van der Waals surface area contributed by atoms with Crippen molar-refractivity contribution in [3.8, 4) is 0 Å². The van der Waals surface area contributed by atoms with Crippen molar-refractivity contribution < 1.29 is 41.8 Å².